The molecule has 2 rings (SSSR count). The molecule has 0 radical (unpaired) electrons. The van der Waals surface area contributed by atoms with Gasteiger partial charge in [-0.15, -0.1) is 0 Å². The van der Waals surface area contributed by atoms with Crippen LogP contribution in [0.4, 0.5) is 0 Å². The Balaban J connectivity index is 2.40. The first-order valence-electron chi connectivity index (χ1n) is 5.64. The van der Waals surface area contributed by atoms with Crippen LogP contribution in [-0.2, 0) is 10.3 Å². The molecule has 0 aliphatic carbocycles. The minimum absolute atomic E-state index is 0.349. The third kappa shape index (κ3) is 2.76. The Kier molecular flexibility index (Phi) is 3.43. The molecule has 1 aliphatic heterocycles. The Morgan fingerprint density at radius 1 is 1.29 bits per heavy atom. The minimum atomic E-state index is -0.955. The van der Waals surface area contributed by atoms with Gasteiger partial charge in [0, 0.05) is 28.5 Å². The predicted octanol–water partition coefficient (Wildman–Crippen LogP) is 3.77. The molecule has 0 aromatic heterocycles. The Bertz CT molecular complexity index is 431. The highest BCUT2D eigenvalue weighted by atomic mass is 35.5. The van der Waals surface area contributed by atoms with Gasteiger partial charge in [0.15, 0.2) is 0 Å². The Morgan fingerprint density at radius 2 is 2.00 bits per heavy atom. The van der Waals surface area contributed by atoms with E-state index in [0.29, 0.717) is 35.1 Å². The molecule has 1 N–H and O–H groups in total. The van der Waals surface area contributed by atoms with Gasteiger partial charge in [-0.1, -0.05) is 23.2 Å². The maximum atomic E-state index is 10.8. The summed E-state index contributed by atoms with van der Waals surface area (Å²) in [6.07, 6.45) is 1.05. The first kappa shape index (κ1) is 13.2. The standard InChI is InChI=1S/C13H16Cl2O2/c1-12(2)8-13(16,5-6-17-12)10-7-9(14)3-4-11(10)15/h3-4,7,16H,5-6,8H2,1-2H3. The van der Waals surface area contributed by atoms with E-state index in [2.05, 4.69) is 0 Å². The highest BCUT2D eigenvalue weighted by Crippen LogP contribution is 2.42. The predicted molar refractivity (Wildman–Crippen MR) is 69.6 cm³/mol. The van der Waals surface area contributed by atoms with Crippen LogP contribution in [-0.4, -0.2) is 17.3 Å². The Morgan fingerprint density at radius 3 is 2.65 bits per heavy atom. The molecule has 1 aromatic rings. The van der Waals surface area contributed by atoms with E-state index in [4.69, 9.17) is 27.9 Å². The van der Waals surface area contributed by atoms with Crippen molar-refractivity contribution < 1.29 is 9.84 Å². The molecule has 4 heteroatoms. The monoisotopic (exact) mass is 274 g/mol. The SMILES string of the molecule is CC1(C)CC(O)(c2cc(Cl)ccc2Cl)CCO1. The van der Waals surface area contributed by atoms with Crippen molar-refractivity contribution >= 4 is 23.2 Å². The van der Waals surface area contributed by atoms with Gasteiger partial charge < -0.3 is 9.84 Å². The van der Waals surface area contributed by atoms with E-state index in [1.165, 1.54) is 0 Å². The van der Waals surface area contributed by atoms with E-state index >= 15 is 0 Å². The zero-order valence-corrected chi connectivity index (χ0v) is 11.5. The average Bonchev–Trinajstić information content (AvgIpc) is 2.19. The average molecular weight is 275 g/mol. The molecule has 1 heterocycles. The van der Waals surface area contributed by atoms with Gasteiger partial charge in [-0.2, -0.15) is 0 Å². The molecule has 1 aliphatic rings. The highest BCUT2D eigenvalue weighted by Gasteiger charge is 2.41. The minimum Gasteiger partial charge on any atom is -0.385 e. The molecule has 2 nitrogen and oxygen atoms in total. The molecule has 94 valence electrons. The summed E-state index contributed by atoms with van der Waals surface area (Å²) >= 11 is 12.1. The molecule has 1 aromatic carbocycles. The van der Waals surface area contributed by atoms with Crippen LogP contribution in [0.1, 0.15) is 32.3 Å². The van der Waals surface area contributed by atoms with Crippen LogP contribution in [0.15, 0.2) is 18.2 Å². The molecule has 1 fully saturated rings. The summed E-state index contributed by atoms with van der Waals surface area (Å²) in [5.41, 5.74) is -0.606. The smallest absolute Gasteiger partial charge is 0.0960 e. The fraction of sp³-hybridized carbons (Fsp3) is 0.538. The molecule has 1 unspecified atom stereocenters. The summed E-state index contributed by atoms with van der Waals surface area (Å²) in [6.45, 7) is 4.46. The number of halogens is 2. The normalized spacial score (nSPS) is 28.1. The summed E-state index contributed by atoms with van der Waals surface area (Å²) in [6, 6.07) is 5.19. The number of hydrogen-bond acceptors (Lipinski definition) is 2. The van der Waals surface area contributed by atoms with Crippen molar-refractivity contribution in [2.24, 2.45) is 0 Å². The van der Waals surface area contributed by atoms with Crippen LogP contribution < -0.4 is 0 Å². The first-order chi connectivity index (χ1) is 7.82. The van der Waals surface area contributed by atoms with Crippen molar-refractivity contribution in [1.29, 1.82) is 0 Å². The lowest BCUT2D eigenvalue weighted by atomic mass is 9.79. The van der Waals surface area contributed by atoms with Crippen LogP contribution in [0.2, 0.25) is 10.0 Å². The van der Waals surface area contributed by atoms with Crippen LogP contribution in [0.25, 0.3) is 0 Å². The summed E-state index contributed by atoms with van der Waals surface area (Å²) in [5, 5.41) is 11.9. The number of aliphatic hydroxyl groups is 1. The molecule has 0 amide bonds. The van der Waals surface area contributed by atoms with E-state index in [1.807, 2.05) is 13.8 Å². The second-order valence-electron chi connectivity index (χ2n) is 5.19. The van der Waals surface area contributed by atoms with Crippen molar-refractivity contribution in [2.45, 2.75) is 37.9 Å². The van der Waals surface area contributed by atoms with Crippen molar-refractivity contribution in [3.8, 4) is 0 Å². The van der Waals surface area contributed by atoms with Gasteiger partial charge in [0.1, 0.15) is 0 Å². The number of benzene rings is 1. The number of hydrogen-bond donors (Lipinski definition) is 1. The van der Waals surface area contributed by atoms with Crippen LogP contribution in [0, 0.1) is 0 Å². The molecule has 1 atom stereocenters. The Labute approximate surface area is 111 Å². The largest absolute Gasteiger partial charge is 0.385 e. The second-order valence-corrected chi connectivity index (χ2v) is 6.03. The van der Waals surface area contributed by atoms with Crippen molar-refractivity contribution in [3.63, 3.8) is 0 Å². The van der Waals surface area contributed by atoms with Crippen LogP contribution >= 0.6 is 23.2 Å². The quantitative estimate of drug-likeness (QED) is 0.845. The zero-order valence-electron chi connectivity index (χ0n) is 9.96. The lowest BCUT2D eigenvalue weighted by Gasteiger charge is -2.42. The Hall–Kier alpha value is -0.280. The van der Waals surface area contributed by atoms with E-state index in [0.717, 1.165) is 0 Å². The number of rotatable bonds is 1. The first-order valence-corrected chi connectivity index (χ1v) is 6.40. The molecule has 0 spiro atoms. The second kappa shape index (κ2) is 4.43. The van der Waals surface area contributed by atoms with Gasteiger partial charge in [0.25, 0.3) is 0 Å². The van der Waals surface area contributed by atoms with Gasteiger partial charge >= 0.3 is 0 Å². The van der Waals surface area contributed by atoms with E-state index < -0.39 is 5.60 Å². The van der Waals surface area contributed by atoms with Crippen molar-refractivity contribution in [2.75, 3.05) is 6.61 Å². The van der Waals surface area contributed by atoms with Crippen LogP contribution in [0.3, 0.4) is 0 Å². The lowest BCUT2D eigenvalue weighted by Crippen LogP contribution is -2.44. The molecular weight excluding hydrogens is 259 g/mol. The summed E-state index contributed by atoms with van der Waals surface area (Å²) in [5.74, 6) is 0. The fourth-order valence-electron chi connectivity index (χ4n) is 2.42. The van der Waals surface area contributed by atoms with Gasteiger partial charge in [0.2, 0.25) is 0 Å². The van der Waals surface area contributed by atoms with E-state index in [9.17, 15) is 5.11 Å². The third-order valence-corrected chi connectivity index (χ3v) is 3.72. The molecule has 0 bridgehead atoms. The van der Waals surface area contributed by atoms with E-state index in [-0.39, 0.29) is 5.60 Å². The number of ether oxygens (including phenoxy) is 1. The van der Waals surface area contributed by atoms with Crippen molar-refractivity contribution in [1.82, 2.24) is 0 Å². The van der Waals surface area contributed by atoms with Crippen molar-refractivity contribution in [3.05, 3.63) is 33.8 Å². The maximum Gasteiger partial charge on any atom is 0.0960 e. The summed E-state index contributed by atoms with van der Waals surface area (Å²) in [7, 11) is 0. The summed E-state index contributed by atoms with van der Waals surface area (Å²) < 4.78 is 5.62. The van der Waals surface area contributed by atoms with Gasteiger partial charge in [-0.25, -0.2) is 0 Å². The van der Waals surface area contributed by atoms with Gasteiger partial charge in [0.05, 0.1) is 17.8 Å². The van der Waals surface area contributed by atoms with E-state index in [1.54, 1.807) is 18.2 Å². The molecule has 17 heavy (non-hydrogen) atoms. The van der Waals surface area contributed by atoms with Gasteiger partial charge in [-0.05, 0) is 32.0 Å². The van der Waals surface area contributed by atoms with Crippen LogP contribution in [0.5, 0.6) is 0 Å². The maximum absolute atomic E-state index is 10.8. The zero-order chi connectivity index (χ0) is 12.7. The topological polar surface area (TPSA) is 29.5 Å². The van der Waals surface area contributed by atoms with Gasteiger partial charge in [-0.3, -0.25) is 0 Å². The summed E-state index contributed by atoms with van der Waals surface area (Å²) in [4.78, 5) is 0. The lowest BCUT2D eigenvalue weighted by molar-refractivity contribution is -0.148. The third-order valence-electron chi connectivity index (χ3n) is 3.16. The molecule has 1 saturated heterocycles. The molecular formula is C13H16Cl2O2. The molecule has 0 saturated carbocycles. The fourth-order valence-corrected chi connectivity index (χ4v) is 2.89. The highest BCUT2D eigenvalue weighted by molar-refractivity contribution is 6.33.